The summed E-state index contributed by atoms with van der Waals surface area (Å²) in [4.78, 5) is 23.8. The van der Waals surface area contributed by atoms with E-state index in [0.717, 1.165) is 38.5 Å². The number of carbonyl (C=O) groups is 2. The van der Waals surface area contributed by atoms with E-state index in [4.69, 9.17) is 0 Å². The van der Waals surface area contributed by atoms with Crippen molar-refractivity contribution >= 4 is 11.9 Å². The molecule has 1 fully saturated rings. The lowest BCUT2D eigenvalue weighted by molar-refractivity contribution is -0.140. The monoisotopic (exact) mass is 293 g/mol. The Hall–Kier alpha value is -1.85. The fourth-order valence-electron chi connectivity index (χ4n) is 3.02. The smallest absolute Gasteiger partial charge is 0.326 e. The number of hydrogen-bond acceptors (Lipinski definition) is 3. The first-order valence-electron chi connectivity index (χ1n) is 7.69. The largest absolute Gasteiger partial charge is 0.480 e. The molecule has 0 bridgehead atoms. The minimum absolute atomic E-state index is 0.0203. The Kier molecular flexibility index (Phi) is 5.36. The number of nitrogens with one attached hydrogen (secondary N) is 1. The van der Waals surface area contributed by atoms with Crippen LogP contribution in [0, 0.1) is 5.92 Å². The van der Waals surface area contributed by atoms with Crippen LogP contribution in [0.15, 0.2) is 12.3 Å². The van der Waals surface area contributed by atoms with Crippen LogP contribution in [0.2, 0.25) is 0 Å². The van der Waals surface area contributed by atoms with Gasteiger partial charge in [0.15, 0.2) is 0 Å². The van der Waals surface area contributed by atoms with Crippen LogP contribution in [0.1, 0.15) is 55.9 Å². The molecule has 2 N–H and O–H groups in total. The second kappa shape index (κ2) is 7.24. The van der Waals surface area contributed by atoms with E-state index < -0.39 is 12.0 Å². The predicted octanol–water partition coefficient (Wildman–Crippen LogP) is 2.06. The quantitative estimate of drug-likeness (QED) is 0.814. The summed E-state index contributed by atoms with van der Waals surface area (Å²) in [6.07, 6.45) is 7.67. The lowest BCUT2D eigenvalue weighted by Crippen LogP contribution is -2.46. The van der Waals surface area contributed by atoms with Gasteiger partial charge < -0.3 is 10.4 Å². The van der Waals surface area contributed by atoms with Crippen LogP contribution in [0.25, 0.3) is 0 Å². The Labute approximate surface area is 124 Å². The van der Waals surface area contributed by atoms with E-state index in [-0.39, 0.29) is 11.8 Å². The summed E-state index contributed by atoms with van der Waals surface area (Å²) in [5, 5.41) is 16.2. The normalized spacial score (nSPS) is 18.0. The summed E-state index contributed by atoms with van der Waals surface area (Å²) in [5.74, 6) is -1.28. The van der Waals surface area contributed by atoms with Crippen LogP contribution < -0.4 is 5.32 Å². The van der Waals surface area contributed by atoms with Crippen molar-refractivity contribution in [2.45, 2.75) is 58.0 Å². The first-order valence-corrected chi connectivity index (χ1v) is 7.69. The van der Waals surface area contributed by atoms with Gasteiger partial charge in [0.25, 0.3) is 5.91 Å². The second-order valence-corrected chi connectivity index (χ2v) is 5.57. The van der Waals surface area contributed by atoms with Crippen LogP contribution in [0.3, 0.4) is 0 Å². The lowest BCUT2D eigenvalue weighted by atomic mass is 9.91. The SMILES string of the molecule is CCn1nccc1C(=O)NC(C(=O)O)C1CCCCCC1. The summed E-state index contributed by atoms with van der Waals surface area (Å²) in [7, 11) is 0. The van der Waals surface area contributed by atoms with Gasteiger partial charge >= 0.3 is 5.97 Å². The van der Waals surface area contributed by atoms with Crippen LogP contribution >= 0.6 is 0 Å². The Morgan fingerprint density at radius 2 is 2.05 bits per heavy atom. The molecule has 0 spiro atoms. The Morgan fingerprint density at radius 1 is 1.38 bits per heavy atom. The molecule has 6 heteroatoms. The number of aromatic nitrogens is 2. The van der Waals surface area contributed by atoms with Crippen LogP contribution in [0.5, 0.6) is 0 Å². The van der Waals surface area contributed by atoms with Crippen molar-refractivity contribution in [3.63, 3.8) is 0 Å². The fraction of sp³-hybridized carbons (Fsp3) is 0.667. The second-order valence-electron chi connectivity index (χ2n) is 5.57. The van der Waals surface area contributed by atoms with E-state index in [9.17, 15) is 14.7 Å². The first-order chi connectivity index (χ1) is 10.1. The molecule has 1 atom stereocenters. The number of rotatable bonds is 5. The number of carboxylic acids is 1. The van der Waals surface area contributed by atoms with Gasteiger partial charge in [-0.15, -0.1) is 0 Å². The highest BCUT2D eigenvalue weighted by atomic mass is 16.4. The molecule has 1 aliphatic rings. The third kappa shape index (κ3) is 3.83. The number of aryl methyl sites for hydroxylation is 1. The van der Waals surface area contributed by atoms with E-state index in [1.165, 1.54) is 0 Å². The van der Waals surface area contributed by atoms with E-state index in [1.54, 1.807) is 16.9 Å². The molecule has 6 nitrogen and oxygen atoms in total. The van der Waals surface area contributed by atoms with Gasteiger partial charge in [0.05, 0.1) is 0 Å². The summed E-state index contributed by atoms with van der Waals surface area (Å²) < 4.78 is 1.57. The number of hydrogen-bond donors (Lipinski definition) is 2. The molecule has 0 radical (unpaired) electrons. The lowest BCUT2D eigenvalue weighted by Gasteiger charge is -2.23. The van der Waals surface area contributed by atoms with Crippen LogP contribution in [0.4, 0.5) is 0 Å². The van der Waals surface area contributed by atoms with E-state index in [1.807, 2.05) is 6.92 Å². The Balaban J connectivity index is 2.08. The Bertz CT molecular complexity index is 490. The molecule has 1 saturated carbocycles. The van der Waals surface area contributed by atoms with Crippen molar-refractivity contribution in [1.82, 2.24) is 15.1 Å². The standard InChI is InChI=1S/C15H23N3O3/c1-2-18-12(9-10-16-18)14(19)17-13(15(20)21)11-7-5-3-4-6-8-11/h9-11,13H,2-8H2,1H3,(H,17,19)(H,20,21). The summed E-state index contributed by atoms with van der Waals surface area (Å²) in [6.45, 7) is 2.47. The van der Waals surface area contributed by atoms with Crippen molar-refractivity contribution in [1.29, 1.82) is 0 Å². The number of amides is 1. The molecule has 21 heavy (non-hydrogen) atoms. The summed E-state index contributed by atoms with van der Waals surface area (Å²) in [6, 6.07) is 0.806. The van der Waals surface area contributed by atoms with Gasteiger partial charge in [-0.1, -0.05) is 25.7 Å². The molecule has 1 aromatic rings. The average Bonchev–Trinajstić information content (AvgIpc) is 2.79. The van der Waals surface area contributed by atoms with E-state index in [0.29, 0.717) is 12.2 Å². The molecule has 1 aliphatic carbocycles. The highest BCUT2D eigenvalue weighted by Crippen LogP contribution is 2.26. The molecule has 1 aromatic heterocycles. The summed E-state index contributed by atoms with van der Waals surface area (Å²) in [5.41, 5.74) is 0.414. The van der Waals surface area contributed by atoms with Crippen LogP contribution in [-0.2, 0) is 11.3 Å². The molecule has 2 rings (SSSR count). The van der Waals surface area contributed by atoms with Gasteiger partial charge in [0.1, 0.15) is 11.7 Å². The van der Waals surface area contributed by atoms with Crippen molar-refractivity contribution in [2.75, 3.05) is 0 Å². The maximum Gasteiger partial charge on any atom is 0.326 e. The predicted molar refractivity (Wildman–Crippen MR) is 78.0 cm³/mol. The molecule has 0 saturated heterocycles. The third-order valence-corrected chi connectivity index (χ3v) is 4.17. The van der Waals surface area contributed by atoms with Gasteiger partial charge in [-0.2, -0.15) is 5.10 Å². The van der Waals surface area contributed by atoms with Crippen molar-refractivity contribution in [3.8, 4) is 0 Å². The van der Waals surface area contributed by atoms with Crippen molar-refractivity contribution in [3.05, 3.63) is 18.0 Å². The van der Waals surface area contributed by atoms with E-state index >= 15 is 0 Å². The first kappa shape index (κ1) is 15.5. The molecular weight excluding hydrogens is 270 g/mol. The zero-order chi connectivity index (χ0) is 15.2. The number of aliphatic carboxylic acids is 1. The third-order valence-electron chi connectivity index (χ3n) is 4.17. The van der Waals surface area contributed by atoms with E-state index in [2.05, 4.69) is 10.4 Å². The highest BCUT2D eigenvalue weighted by molar-refractivity contribution is 5.95. The maximum atomic E-state index is 12.3. The molecule has 0 aromatic carbocycles. The Morgan fingerprint density at radius 3 is 2.62 bits per heavy atom. The van der Waals surface area contributed by atoms with Gasteiger partial charge in [-0.3, -0.25) is 9.48 Å². The molecule has 0 aliphatic heterocycles. The number of carbonyl (C=O) groups excluding carboxylic acids is 1. The fourth-order valence-corrected chi connectivity index (χ4v) is 3.02. The summed E-state index contributed by atoms with van der Waals surface area (Å²) >= 11 is 0. The molecular formula is C15H23N3O3. The molecule has 116 valence electrons. The molecule has 1 heterocycles. The number of carboxylic acid groups (broad SMARTS) is 1. The van der Waals surface area contributed by atoms with Gasteiger partial charge in [-0.05, 0) is 31.7 Å². The minimum atomic E-state index is -0.946. The van der Waals surface area contributed by atoms with Gasteiger partial charge in [-0.25, -0.2) is 4.79 Å². The van der Waals surface area contributed by atoms with Crippen molar-refractivity contribution in [2.24, 2.45) is 5.92 Å². The number of nitrogens with zero attached hydrogens (tertiary/aromatic N) is 2. The van der Waals surface area contributed by atoms with Crippen molar-refractivity contribution < 1.29 is 14.7 Å². The maximum absolute atomic E-state index is 12.3. The highest BCUT2D eigenvalue weighted by Gasteiger charge is 2.30. The molecule has 1 unspecified atom stereocenters. The van der Waals surface area contributed by atoms with Gasteiger partial charge in [0.2, 0.25) is 0 Å². The van der Waals surface area contributed by atoms with Gasteiger partial charge in [0, 0.05) is 12.7 Å². The zero-order valence-corrected chi connectivity index (χ0v) is 12.4. The topological polar surface area (TPSA) is 84.2 Å². The zero-order valence-electron chi connectivity index (χ0n) is 12.4. The average molecular weight is 293 g/mol. The minimum Gasteiger partial charge on any atom is -0.480 e. The van der Waals surface area contributed by atoms with Crippen LogP contribution in [-0.4, -0.2) is 32.8 Å². The molecule has 1 amide bonds.